The molecular weight excluding hydrogens is 510 g/mol. The number of carbonyl (C=O) groups excluding carboxylic acids is 1. The fourth-order valence-electron chi connectivity index (χ4n) is 3.31. The number of nitrogens with zero attached hydrogens (tertiary/aromatic N) is 3. The summed E-state index contributed by atoms with van der Waals surface area (Å²) in [4.78, 5) is 21.2. The molecule has 1 amide bonds. The van der Waals surface area contributed by atoms with Crippen molar-refractivity contribution in [3.63, 3.8) is 0 Å². The van der Waals surface area contributed by atoms with Gasteiger partial charge in [-0.25, -0.2) is 5.06 Å². The van der Waals surface area contributed by atoms with Crippen molar-refractivity contribution in [3.05, 3.63) is 59.0 Å². The summed E-state index contributed by atoms with van der Waals surface area (Å²) in [6, 6.07) is 13.8. The number of rotatable bonds is 9. The minimum atomic E-state index is -3.85. The summed E-state index contributed by atoms with van der Waals surface area (Å²) in [5.41, 5.74) is 3.13. The van der Waals surface area contributed by atoms with Crippen LogP contribution in [-0.2, 0) is 14.9 Å². The number of benzene rings is 2. The van der Waals surface area contributed by atoms with Gasteiger partial charge < -0.3 is 9.64 Å². The molecule has 0 atom stereocenters. The molecule has 0 fully saturated rings. The van der Waals surface area contributed by atoms with Crippen LogP contribution in [0.2, 0.25) is 0 Å². The zero-order chi connectivity index (χ0) is 25.8. The van der Waals surface area contributed by atoms with E-state index >= 15 is 0 Å². The average molecular weight is 536 g/mol. The normalized spacial score (nSPS) is 11.6. The fourth-order valence-corrected chi connectivity index (χ4v) is 5.65. The maximum absolute atomic E-state index is 13.2. The standard InChI is InChI=1S/C24H26ClN3O5S2/c1-16-21(17-9-11-20(12-10-17)35(30,31)26-15-27(2)3)23(24(29)28(4)32-5)34-22(16)18-7-6-8-19(13-18)33-14-25/h6-13,15H,14H2,1-5H3. The molecule has 3 aromatic rings. The summed E-state index contributed by atoms with van der Waals surface area (Å²) in [5.74, 6) is 0.295. The number of carbonyl (C=O) groups is 1. The summed E-state index contributed by atoms with van der Waals surface area (Å²) in [5, 5.41) is 1.15. The molecule has 0 N–H and O–H groups in total. The number of sulfonamides is 1. The number of hydrogen-bond acceptors (Lipinski definition) is 6. The average Bonchev–Trinajstić information content (AvgIpc) is 3.19. The molecule has 0 spiro atoms. The predicted octanol–water partition coefficient (Wildman–Crippen LogP) is 4.88. The van der Waals surface area contributed by atoms with Crippen LogP contribution in [0, 0.1) is 6.92 Å². The molecule has 8 nitrogen and oxygen atoms in total. The highest BCUT2D eigenvalue weighted by molar-refractivity contribution is 7.90. The van der Waals surface area contributed by atoms with Crippen LogP contribution in [0.5, 0.6) is 5.75 Å². The van der Waals surface area contributed by atoms with Gasteiger partial charge in [0.25, 0.3) is 15.9 Å². The van der Waals surface area contributed by atoms with Crippen molar-refractivity contribution in [1.82, 2.24) is 9.96 Å². The Morgan fingerprint density at radius 1 is 1.11 bits per heavy atom. The van der Waals surface area contributed by atoms with Crippen molar-refractivity contribution >= 4 is 45.2 Å². The maximum Gasteiger partial charge on any atom is 0.287 e. The topological polar surface area (TPSA) is 88.5 Å². The van der Waals surface area contributed by atoms with Crippen LogP contribution in [0.15, 0.2) is 57.8 Å². The van der Waals surface area contributed by atoms with E-state index < -0.39 is 10.0 Å². The van der Waals surface area contributed by atoms with Crippen LogP contribution in [-0.4, -0.2) is 64.9 Å². The Labute approximate surface area is 214 Å². The van der Waals surface area contributed by atoms with E-state index in [0.717, 1.165) is 21.1 Å². The number of ether oxygens (including phenoxy) is 1. The van der Waals surface area contributed by atoms with Crippen molar-refractivity contribution in [3.8, 4) is 27.3 Å². The van der Waals surface area contributed by atoms with Crippen LogP contribution in [0.4, 0.5) is 0 Å². The third-order valence-electron chi connectivity index (χ3n) is 5.08. The summed E-state index contributed by atoms with van der Waals surface area (Å²) in [6.07, 6.45) is 1.23. The third-order valence-corrected chi connectivity index (χ3v) is 7.75. The zero-order valence-electron chi connectivity index (χ0n) is 20.0. The molecule has 0 unspecified atom stereocenters. The van der Waals surface area contributed by atoms with E-state index in [1.165, 1.54) is 44.0 Å². The van der Waals surface area contributed by atoms with Gasteiger partial charge in [0.2, 0.25) is 0 Å². The van der Waals surface area contributed by atoms with Gasteiger partial charge in [0, 0.05) is 31.6 Å². The number of hydroxylamine groups is 2. The third kappa shape index (κ3) is 6.02. The highest BCUT2D eigenvalue weighted by Gasteiger charge is 2.25. The second-order valence-electron chi connectivity index (χ2n) is 7.71. The van der Waals surface area contributed by atoms with E-state index in [4.69, 9.17) is 21.2 Å². The second-order valence-corrected chi connectivity index (χ2v) is 10.6. The highest BCUT2D eigenvalue weighted by Crippen LogP contribution is 2.43. The van der Waals surface area contributed by atoms with Crippen LogP contribution in [0.25, 0.3) is 21.6 Å². The van der Waals surface area contributed by atoms with Gasteiger partial charge in [-0.1, -0.05) is 35.9 Å². The molecule has 0 saturated carbocycles. The van der Waals surface area contributed by atoms with Gasteiger partial charge >= 0.3 is 0 Å². The van der Waals surface area contributed by atoms with E-state index in [1.807, 2.05) is 25.1 Å². The summed E-state index contributed by atoms with van der Waals surface area (Å²) >= 11 is 7.04. The molecular formula is C24H26ClN3O5S2. The Morgan fingerprint density at radius 3 is 2.40 bits per heavy atom. The Kier molecular flexibility index (Phi) is 8.55. The maximum atomic E-state index is 13.2. The lowest BCUT2D eigenvalue weighted by Crippen LogP contribution is -2.25. The van der Waals surface area contributed by atoms with Gasteiger partial charge in [0.05, 0.1) is 12.0 Å². The smallest absolute Gasteiger partial charge is 0.287 e. The van der Waals surface area contributed by atoms with Gasteiger partial charge in [-0.15, -0.1) is 15.7 Å². The molecule has 2 aromatic carbocycles. The minimum absolute atomic E-state index is 0.0222. The Bertz CT molecular complexity index is 1340. The summed E-state index contributed by atoms with van der Waals surface area (Å²) in [6.45, 7) is 1.92. The number of halogens is 1. The molecule has 1 heterocycles. The van der Waals surface area contributed by atoms with E-state index in [2.05, 4.69) is 4.40 Å². The fraction of sp³-hybridized carbons (Fsp3) is 0.250. The molecule has 3 rings (SSSR count). The van der Waals surface area contributed by atoms with E-state index in [1.54, 1.807) is 37.2 Å². The molecule has 0 saturated heterocycles. The summed E-state index contributed by atoms with van der Waals surface area (Å²) < 4.78 is 34.1. The van der Waals surface area contributed by atoms with Gasteiger partial charge in [-0.05, 0) is 47.9 Å². The molecule has 11 heteroatoms. The summed E-state index contributed by atoms with van der Waals surface area (Å²) in [7, 11) is 2.48. The SMILES string of the molecule is CON(C)C(=O)c1sc(-c2cccc(OCCl)c2)c(C)c1-c1ccc(S(=O)(=O)N=CN(C)C)cc1. The second kappa shape index (κ2) is 11.2. The van der Waals surface area contributed by atoms with E-state index in [0.29, 0.717) is 21.8 Å². The number of thiophene rings is 1. The van der Waals surface area contributed by atoms with Gasteiger partial charge in [0.1, 0.15) is 17.0 Å². The largest absolute Gasteiger partial charge is 0.478 e. The molecule has 0 radical (unpaired) electrons. The Hall–Kier alpha value is -2.92. The van der Waals surface area contributed by atoms with Gasteiger partial charge in [-0.2, -0.15) is 8.42 Å². The van der Waals surface area contributed by atoms with Crippen molar-refractivity contribution in [2.24, 2.45) is 4.40 Å². The first-order valence-electron chi connectivity index (χ1n) is 10.4. The van der Waals surface area contributed by atoms with E-state index in [9.17, 15) is 13.2 Å². The monoisotopic (exact) mass is 535 g/mol. The lowest BCUT2D eigenvalue weighted by molar-refractivity contribution is -0.0753. The minimum Gasteiger partial charge on any atom is -0.478 e. The molecule has 186 valence electrons. The van der Waals surface area contributed by atoms with Crippen LogP contribution in [0.3, 0.4) is 0 Å². The Morgan fingerprint density at radius 2 is 1.80 bits per heavy atom. The molecule has 0 aliphatic carbocycles. The molecule has 0 aliphatic heterocycles. The van der Waals surface area contributed by atoms with Crippen molar-refractivity contribution in [2.75, 3.05) is 34.3 Å². The Balaban J connectivity index is 2.13. The van der Waals surface area contributed by atoms with Crippen LogP contribution < -0.4 is 4.74 Å². The van der Waals surface area contributed by atoms with Crippen LogP contribution >= 0.6 is 22.9 Å². The van der Waals surface area contributed by atoms with Crippen molar-refractivity contribution in [1.29, 1.82) is 0 Å². The number of hydrogen-bond donors (Lipinski definition) is 0. The van der Waals surface area contributed by atoms with Crippen LogP contribution in [0.1, 0.15) is 15.2 Å². The zero-order valence-corrected chi connectivity index (χ0v) is 22.4. The van der Waals surface area contributed by atoms with E-state index in [-0.39, 0.29) is 16.9 Å². The first-order valence-corrected chi connectivity index (χ1v) is 13.2. The number of alkyl halides is 1. The number of amides is 1. The van der Waals surface area contributed by atoms with Crippen molar-refractivity contribution in [2.45, 2.75) is 11.8 Å². The molecule has 1 aromatic heterocycles. The molecule has 0 bridgehead atoms. The van der Waals surface area contributed by atoms with Crippen molar-refractivity contribution < 1.29 is 22.8 Å². The lowest BCUT2D eigenvalue weighted by atomic mass is 9.98. The predicted molar refractivity (Wildman–Crippen MR) is 140 cm³/mol. The first kappa shape index (κ1) is 26.7. The quantitative estimate of drug-likeness (QED) is 0.168. The lowest BCUT2D eigenvalue weighted by Gasteiger charge is -2.14. The van der Waals surface area contributed by atoms with Gasteiger partial charge in [0.15, 0.2) is 6.07 Å². The molecule has 35 heavy (non-hydrogen) atoms. The van der Waals surface area contributed by atoms with Gasteiger partial charge in [-0.3, -0.25) is 9.63 Å². The highest BCUT2D eigenvalue weighted by atomic mass is 35.5. The first-order chi connectivity index (χ1) is 16.6. The molecule has 0 aliphatic rings.